The SMILES string of the molecule is Cc1ccc(-n2nc(C(=O)NN)c(=O)cc2C)cc1. The molecule has 6 nitrogen and oxygen atoms in total. The van der Waals surface area contributed by atoms with Gasteiger partial charge >= 0.3 is 0 Å². The third kappa shape index (κ3) is 2.53. The van der Waals surface area contributed by atoms with Gasteiger partial charge < -0.3 is 0 Å². The average Bonchev–Trinajstić information content (AvgIpc) is 2.39. The molecular weight excluding hydrogens is 244 g/mol. The Hall–Kier alpha value is -2.47. The third-order valence-electron chi connectivity index (χ3n) is 2.73. The summed E-state index contributed by atoms with van der Waals surface area (Å²) in [5.74, 6) is 4.33. The van der Waals surface area contributed by atoms with Crippen molar-refractivity contribution in [1.29, 1.82) is 0 Å². The van der Waals surface area contributed by atoms with Crippen LogP contribution in [-0.2, 0) is 0 Å². The Morgan fingerprint density at radius 1 is 1.26 bits per heavy atom. The minimum absolute atomic E-state index is 0.228. The van der Waals surface area contributed by atoms with Crippen LogP contribution in [0.3, 0.4) is 0 Å². The van der Waals surface area contributed by atoms with Crippen LogP contribution in [0, 0.1) is 13.8 Å². The van der Waals surface area contributed by atoms with E-state index in [1.807, 2.05) is 36.6 Å². The van der Waals surface area contributed by atoms with Gasteiger partial charge in [-0.1, -0.05) is 17.7 Å². The van der Waals surface area contributed by atoms with Gasteiger partial charge in [-0.15, -0.1) is 0 Å². The van der Waals surface area contributed by atoms with Gasteiger partial charge in [0.2, 0.25) is 5.43 Å². The number of hydrogen-bond acceptors (Lipinski definition) is 4. The molecule has 0 fully saturated rings. The number of carbonyl (C=O) groups is 1. The fourth-order valence-corrected chi connectivity index (χ4v) is 1.72. The van der Waals surface area contributed by atoms with Crippen molar-refractivity contribution in [3.05, 3.63) is 57.5 Å². The zero-order chi connectivity index (χ0) is 14.0. The van der Waals surface area contributed by atoms with Crippen molar-refractivity contribution in [3.63, 3.8) is 0 Å². The van der Waals surface area contributed by atoms with E-state index in [0.717, 1.165) is 11.3 Å². The molecule has 1 amide bonds. The van der Waals surface area contributed by atoms with Gasteiger partial charge in [0.05, 0.1) is 5.69 Å². The first-order valence-electron chi connectivity index (χ1n) is 5.72. The summed E-state index contributed by atoms with van der Waals surface area (Å²) in [4.78, 5) is 23.2. The van der Waals surface area contributed by atoms with Crippen LogP contribution in [0.1, 0.15) is 21.7 Å². The minimum atomic E-state index is -0.703. The zero-order valence-corrected chi connectivity index (χ0v) is 10.7. The standard InChI is InChI=1S/C13H14N4O2/c1-8-3-5-10(6-4-8)17-9(2)7-11(18)12(16-17)13(19)15-14/h3-7H,14H2,1-2H3,(H,15,19). The number of nitrogen functional groups attached to an aromatic ring is 1. The topological polar surface area (TPSA) is 90.0 Å². The molecule has 0 spiro atoms. The molecule has 0 radical (unpaired) electrons. The molecule has 2 aromatic rings. The molecule has 0 bridgehead atoms. The lowest BCUT2D eigenvalue weighted by molar-refractivity contribution is 0.0945. The quantitative estimate of drug-likeness (QED) is 0.465. The predicted molar refractivity (Wildman–Crippen MR) is 71.0 cm³/mol. The molecule has 6 heteroatoms. The van der Waals surface area contributed by atoms with Gasteiger partial charge in [-0.3, -0.25) is 15.0 Å². The summed E-state index contributed by atoms with van der Waals surface area (Å²) in [6, 6.07) is 8.94. The van der Waals surface area contributed by atoms with Crippen molar-refractivity contribution in [2.24, 2.45) is 5.84 Å². The second-order valence-corrected chi connectivity index (χ2v) is 4.22. The summed E-state index contributed by atoms with van der Waals surface area (Å²) >= 11 is 0. The number of hydrogen-bond donors (Lipinski definition) is 2. The van der Waals surface area contributed by atoms with Crippen LogP contribution in [0.2, 0.25) is 0 Å². The minimum Gasteiger partial charge on any atom is -0.289 e. The van der Waals surface area contributed by atoms with Crippen LogP contribution in [0.15, 0.2) is 35.1 Å². The Kier molecular flexibility index (Phi) is 3.43. The second-order valence-electron chi connectivity index (χ2n) is 4.22. The molecule has 3 N–H and O–H groups in total. The largest absolute Gasteiger partial charge is 0.289 e. The second kappa shape index (κ2) is 5.03. The van der Waals surface area contributed by atoms with Crippen LogP contribution in [0.4, 0.5) is 0 Å². The number of nitrogens with one attached hydrogen (secondary N) is 1. The number of nitrogens with zero attached hydrogens (tertiary/aromatic N) is 2. The molecule has 0 aliphatic rings. The van der Waals surface area contributed by atoms with E-state index in [9.17, 15) is 9.59 Å². The van der Waals surface area contributed by atoms with E-state index in [1.54, 1.807) is 6.92 Å². The normalized spacial score (nSPS) is 10.3. The van der Waals surface area contributed by atoms with E-state index in [1.165, 1.54) is 10.7 Å². The summed E-state index contributed by atoms with van der Waals surface area (Å²) in [6.07, 6.45) is 0. The van der Waals surface area contributed by atoms with Crippen molar-refractivity contribution >= 4 is 5.91 Å². The molecule has 0 atom stereocenters. The molecule has 1 aromatic heterocycles. The fourth-order valence-electron chi connectivity index (χ4n) is 1.72. The number of aryl methyl sites for hydroxylation is 2. The van der Waals surface area contributed by atoms with Crippen LogP contribution in [0.25, 0.3) is 5.69 Å². The third-order valence-corrected chi connectivity index (χ3v) is 2.73. The molecule has 0 unspecified atom stereocenters. The Morgan fingerprint density at radius 2 is 1.89 bits per heavy atom. The van der Waals surface area contributed by atoms with E-state index in [2.05, 4.69) is 5.10 Å². The number of aromatic nitrogens is 2. The summed E-state index contributed by atoms with van der Waals surface area (Å²) in [5.41, 5.74) is 3.76. The molecular formula is C13H14N4O2. The first-order chi connectivity index (χ1) is 9.02. The maximum Gasteiger partial charge on any atom is 0.289 e. The zero-order valence-electron chi connectivity index (χ0n) is 10.7. The number of hydrazine groups is 1. The lowest BCUT2D eigenvalue weighted by atomic mass is 10.2. The van der Waals surface area contributed by atoms with Crippen LogP contribution < -0.4 is 16.7 Å². The smallest absolute Gasteiger partial charge is 0.289 e. The maximum absolute atomic E-state index is 11.7. The van der Waals surface area contributed by atoms with Crippen LogP contribution in [-0.4, -0.2) is 15.7 Å². The maximum atomic E-state index is 11.7. The van der Waals surface area contributed by atoms with E-state index < -0.39 is 11.3 Å². The highest BCUT2D eigenvalue weighted by molar-refractivity contribution is 5.91. The van der Waals surface area contributed by atoms with E-state index in [-0.39, 0.29) is 5.69 Å². The van der Waals surface area contributed by atoms with Gasteiger partial charge in [0, 0.05) is 11.8 Å². The van der Waals surface area contributed by atoms with Crippen LogP contribution >= 0.6 is 0 Å². The van der Waals surface area contributed by atoms with Crippen LogP contribution in [0.5, 0.6) is 0 Å². The summed E-state index contributed by atoms with van der Waals surface area (Å²) < 4.78 is 1.53. The summed E-state index contributed by atoms with van der Waals surface area (Å²) in [6.45, 7) is 3.72. The van der Waals surface area contributed by atoms with Crippen molar-refractivity contribution in [1.82, 2.24) is 15.2 Å². The van der Waals surface area contributed by atoms with E-state index >= 15 is 0 Å². The number of benzene rings is 1. The van der Waals surface area contributed by atoms with Crippen molar-refractivity contribution in [2.75, 3.05) is 0 Å². The first kappa shape index (κ1) is 13.0. The monoisotopic (exact) mass is 258 g/mol. The van der Waals surface area contributed by atoms with Crippen molar-refractivity contribution in [2.45, 2.75) is 13.8 Å². The number of amides is 1. The Balaban J connectivity index is 2.60. The average molecular weight is 258 g/mol. The van der Waals surface area contributed by atoms with Gasteiger partial charge in [-0.2, -0.15) is 5.10 Å². The molecule has 1 aromatic carbocycles. The van der Waals surface area contributed by atoms with Gasteiger partial charge in [0.25, 0.3) is 5.91 Å². The van der Waals surface area contributed by atoms with Gasteiger partial charge in [-0.05, 0) is 26.0 Å². The number of carbonyl (C=O) groups excluding carboxylic acids is 1. The molecule has 0 saturated heterocycles. The molecule has 19 heavy (non-hydrogen) atoms. The highest BCUT2D eigenvalue weighted by Crippen LogP contribution is 2.09. The van der Waals surface area contributed by atoms with Crippen molar-refractivity contribution in [3.8, 4) is 5.69 Å². The lowest BCUT2D eigenvalue weighted by Crippen LogP contribution is -2.36. The van der Waals surface area contributed by atoms with Gasteiger partial charge in [0.1, 0.15) is 0 Å². The van der Waals surface area contributed by atoms with E-state index in [0.29, 0.717) is 5.69 Å². The predicted octanol–water partition coefficient (Wildman–Crippen LogP) is 0.453. The van der Waals surface area contributed by atoms with Gasteiger partial charge in [-0.25, -0.2) is 10.5 Å². The lowest BCUT2D eigenvalue weighted by Gasteiger charge is -2.10. The Bertz CT molecular complexity index is 674. The molecule has 98 valence electrons. The highest BCUT2D eigenvalue weighted by atomic mass is 16.2. The molecule has 0 aliphatic carbocycles. The Labute approximate surface area is 109 Å². The summed E-state index contributed by atoms with van der Waals surface area (Å²) in [5, 5.41) is 4.05. The van der Waals surface area contributed by atoms with E-state index in [4.69, 9.17) is 5.84 Å². The number of nitrogens with two attached hydrogens (primary N) is 1. The molecule has 0 saturated carbocycles. The molecule has 2 rings (SSSR count). The fraction of sp³-hybridized carbons (Fsp3) is 0.154. The summed E-state index contributed by atoms with van der Waals surface area (Å²) in [7, 11) is 0. The molecule has 0 aliphatic heterocycles. The van der Waals surface area contributed by atoms with Gasteiger partial charge in [0.15, 0.2) is 5.69 Å². The number of rotatable bonds is 2. The highest BCUT2D eigenvalue weighted by Gasteiger charge is 2.13. The Morgan fingerprint density at radius 3 is 2.47 bits per heavy atom. The van der Waals surface area contributed by atoms with Crippen molar-refractivity contribution < 1.29 is 4.79 Å². The first-order valence-corrected chi connectivity index (χ1v) is 5.72. The molecule has 1 heterocycles.